The van der Waals surface area contributed by atoms with E-state index in [1.165, 1.54) is 24.3 Å². The summed E-state index contributed by atoms with van der Waals surface area (Å²) in [6, 6.07) is 12.9. The van der Waals surface area contributed by atoms with Crippen LogP contribution < -0.4 is 26.6 Å². The number of carbonyl (C=O) groups excluding carboxylic acids is 3. The highest BCUT2D eigenvalue weighted by atomic mass is 16.6. The number of piperidine rings is 1. The van der Waals surface area contributed by atoms with Gasteiger partial charge in [-0.2, -0.15) is 0 Å². The second-order valence-electron chi connectivity index (χ2n) is 7.79. The zero-order chi connectivity index (χ0) is 22.8. The minimum absolute atomic E-state index is 0.108. The summed E-state index contributed by atoms with van der Waals surface area (Å²) >= 11 is 0. The molecule has 2 fully saturated rings. The van der Waals surface area contributed by atoms with Gasteiger partial charge in [-0.25, -0.2) is 0 Å². The third-order valence-electron chi connectivity index (χ3n) is 5.49. The van der Waals surface area contributed by atoms with Gasteiger partial charge in [0.15, 0.2) is 6.29 Å². The number of amides is 3. The number of nitrogens with one attached hydrogen (secondary N) is 5. The quantitative estimate of drug-likeness (QED) is 0.345. The number of fused-ring (bicyclic) bond motifs is 1. The molecule has 11 heteroatoms. The number of nitro groups is 1. The molecule has 2 heterocycles. The molecule has 0 bridgehead atoms. The molecule has 4 unspecified atom stereocenters. The lowest BCUT2D eigenvalue weighted by Gasteiger charge is -2.43. The van der Waals surface area contributed by atoms with Gasteiger partial charge in [-0.05, 0) is 31.2 Å². The molecule has 5 N–H and O–H groups in total. The number of carbonyl (C=O) groups is 3. The van der Waals surface area contributed by atoms with Crippen LogP contribution in [-0.4, -0.2) is 35.1 Å². The van der Waals surface area contributed by atoms with Gasteiger partial charge in [-0.1, -0.05) is 17.7 Å². The SMILES string of the molecule is Cc1ccc(NC2NC(=O)C3C(NC(=O)CC3C(=O)Nc3ccc([N+](=O)[O-])cc3)N2)cc1. The van der Waals surface area contributed by atoms with Crippen LogP contribution in [-0.2, 0) is 14.4 Å². The number of benzene rings is 2. The van der Waals surface area contributed by atoms with Crippen molar-refractivity contribution in [3.63, 3.8) is 0 Å². The normalized spacial score (nSPS) is 24.5. The molecule has 2 aliphatic rings. The van der Waals surface area contributed by atoms with Crippen LogP contribution in [0.2, 0.25) is 0 Å². The lowest BCUT2D eigenvalue weighted by Crippen LogP contribution is -2.72. The molecular weight excluding hydrogens is 416 g/mol. The first-order valence-corrected chi connectivity index (χ1v) is 10.0. The summed E-state index contributed by atoms with van der Waals surface area (Å²) in [7, 11) is 0. The van der Waals surface area contributed by atoms with Crippen LogP contribution in [0.4, 0.5) is 17.1 Å². The van der Waals surface area contributed by atoms with Crippen LogP contribution in [0.15, 0.2) is 48.5 Å². The van der Waals surface area contributed by atoms with Crippen molar-refractivity contribution in [1.82, 2.24) is 16.0 Å². The zero-order valence-electron chi connectivity index (χ0n) is 17.1. The molecule has 0 radical (unpaired) electrons. The van der Waals surface area contributed by atoms with Crippen molar-refractivity contribution in [3.8, 4) is 0 Å². The second kappa shape index (κ2) is 8.63. The Morgan fingerprint density at radius 1 is 1.03 bits per heavy atom. The van der Waals surface area contributed by atoms with Crippen molar-refractivity contribution >= 4 is 34.8 Å². The molecule has 4 rings (SSSR count). The van der Waals surface area contributed by atoms with Crippen molar-refractivity contribution in [1.29, 1.82) is 0 Å². The minimum Gasteiger partial charge on any atom is -0.353 e. The number of hydrogen-bond donors (Lipinski definition) is 5. The maximum atomic E-state index is 12.9. The monoisotopic (exact) mass is 438 g/mol. The third kappa shape index (κ3) is 4.52. The Balaban J connectivity index is 1.46. The van der Waals surface area contributed by atoms with Gasteiger partial charge >= 0.3 is 0 Å². The minimum atomic E-state index is -0.906. The van der Waals surface area contributed by atoms with Gasteiger partial charge in [0, 0.05) is 29.9 Å². The molecule has 0 spiro atoms. The molecule has 2 aromatic rings. The molecule has 166 valence electrons. The number of aryl methyl sites for hydroxylation is 1. The standard InChI is InChI=1S/C21H22N6O5/c1-11-2-4-13(5-3-11)23-21-25-18-17(20(30)26-21)15(10-16(28)24-18)19(29)22-12-6-8-14(9-7-12)27(31)32/h2-9,15,17-18,21,23,25H,10H2,1H3,(H,22,29)(H,24,28)(H,26,30). The summed E-state index contributed by atoms with van der Waals surface area (Å²) in [4.78, 5) is 48.3. The van der Waals surface area contributed by atoms with Crippen molar-refractivity contribution in [2.24, 2.45) is 11.8 Å². The predicted octanol–water partition coefficient (Wildman–Crippen LogP) is 1.04. The molecule has 3 amide bonds. The summed E-state index contributed by atoms with van der Waals surface area (Å²) in [5.41, 5.74) is 2.11. The molecule has 2 saturated heterocycles. The maximum absolute atomic E-state index is 12.9. The lowest BCUT2D eigenvalue weighted by molar-refractivity contribution is -0.384. The number of non-ortho nitro benzene ring substituents is 1. The van der Waals surface area contributed by atoms with Gasteiger partial charge in [0.25, 0.3) is 5.69 Å². The summed E-state index contributed by atoms with van der Waals surface area (Å²) in [5, 5.41) is 25.2. The molecule has 0 saturated carbocycles. The van der Waals surface area contributed by atoms with Crippen LogP contribution in [0, 0.1) is 28.9 Å². The number of nitrogens with zero attached hydrogens (tertiary/aromatic N) is 1. The van der Waals surface area contributed by atoms with E-state index in [4.69, 9.17) is 0 Å². The molecule has 2 aromatic carbocycles. The van der Waals surface area contributed by atoms with E-state index in [1.807, 2.05) is 31.2 Å². The molecule has 2 aliphatic heterocycles. The fourth-order valence-electron chi connectivity index (χ4n) is 3.87. The van der Waals surface area contributed by atoms with Gasteiger partial charge in [0.2, 0.25) is 17.7 Å². The van der Waals surface area contributed by atoms with E-state index in [9.17, 15) is 24.5 Å². The first kappa shape index (κ1) is 21.2. The van der Waals surface area contributed by atoms with Crippen LogP contribution in [0.5, 0.6) is 0 Å². The van der Waals surface area contributed by atoms with Gasteiger partial charge < -0.3 is 21.3 Å². The van der Waals surface area contributed by atoms with E-state index in [1.54, 1.807) is 0 Å². The van der Waals surface area contributed by atoms with E-state index in [0.29, 0.717) is 5.69 Å². The van der Waals surface area contributed by atoms with Crippen molar-refractivity contribution < 1.29 is 19.3 Å². The summed E-state index contributed by atoms with van der Waals surface area (Å²) in [5.74, 6) is -2.96. The molecule has 0 aromatic heterocycles. The van der Waals surface area contributed by atoms with E-state index in [-0.39, 0.29) is 23.9 Å². The van der Waals surface area contributed by atoms with Gasteiger partial charge in [0.05, 0.1) is 22.9 Å². The van der Waals surface area contributed by atoms with E-state index in [2.05, 4.69) is 26.6 Å². The molecular formula is C21H22N6O5. The van der Waals surface area contributed by atoms with E-state index >= 15 is 0 Å². The Morgan fingerprint density at radius 3 is 2.34 bits per heavy atom. The lowest BCUT2D eigenvalue weighted by atomic mass is 9.81. The number of rotatable bonds is 5. The molecule has 4 atom stereocenters. The summed E-state index contributed by atoms with van der Waals surface area (Å²) in [6.45, 7) is 1.97. The van der Waals surface area contributed by atoms with Crippen molar-refractivity contribution in [3.05, 3.63) is 64.2 Å². The average Bonchev–Trinajstić information content (AvgIpc) is 2.75. The van der Waals surface area contributed by atoms with Gasteiger partial charge in [-0.3, -0.25) is 29.8 Å². The van der Waals surface area contributed by atoms with Crippen molar-refractivity contribution in [2.75, 3.05) is 10.6 Å². The highest BCUT2D eigenvalue weighted by molar-refractivity contribution is 6.00. The van der Waals surface area contributed by atoms with E-state index in [0.717, 1.165) is 11.3 Å². The van der Waals surface area contributed by atoms with Crippen LogP contribution in [0.1, 0.15) is 12.0 Å². The van der Waals surface area contributed by atoms with Crippen LogP contribution >= 0.6 is 0 Å². The zero-order valence-corrected chi connectivity index (χ0v) is 17.1. The Hall–Kier alpha value is -3.99. The average molecular weight is 438 g/mol. The highest BCUT2D eigenvalue weighted by Crippen LogP contribution is 2.28. The van der Waals surface area contributed by atoms with Crippen LogP contribution in [0.3, 0.4) is 0 Å². The van der Waals surface area contributed by atoms with Crippen molar-refractivity contribution in [2.45, 2.75) is 25.8 Å². The van der Waals surface area contributed by atoms with E-state index < -0.39 is 35.1 Å². The third-order valence-corrected chi connectivity index (χ3v) is 5.49. The Kier molecular flexibility index (Phi) is 5.73. The first-order valence-electron chi connectivity index (χ1n) is 10.0. The number of anilines is 2. The summed E-state index contributed by atoms with van der Waals surface area (Å²) in [6.07, 6.45) is -1.52. The number of nitro benzene ring substituents is 1. The topological polar surface area (TPSA) is 154 Å². The molecule has 32 heavy (non-hydrogen) atoms. The fraction of sp³-hybridized carbons (Fsp3) is 0.286. The molecule has 0 aliphatic carbocycles. The predicted molar refractivity (Wildman–Crippen MR) is 115 cm³/mol. The smallest absolute Gasteiger partial charge is 0.269 e. The largest absolute Gasteiger partial charge is 0.353 e. The van der Waals surface area contributed by atoms with Crippen LogP contribution in [0.25, 0.3) is 0 Å². The van der Waals surface area contributed by atoms with Gasteiger partial charge in [0.1, 0.15) is 0 Å². The summed E-state index contributed by atoms with van der Waals surface area (Å²) < 4.78 is 0. The maximum Gasteiger partial charge on any atom is 0.269 e. The fourth-order valence-corrected chi connectivity index (χ4v) is 3.87. The van der Waals surface area contributed by atoms with Gasteiger partial charge in [-0.15, -0.1) is 0 Å². The Morgan fingerprint density at radius 2 is 1.69 bits per heavy atom. The Labute approximate surface area is 183 Å². The molecule has 11 nitrogen and oxygen atoms in total. The second-order valence-corrected chi connectivity index (χ2v) is 7.79. The first-order chi connectivity index (χ1) is 15.3. The Bertz CT molecular complexity index is 1060. The highest BCUT2D eigenvalue weighted by Gasteiger charge is 2.48. The number of hydrogen-bond acceptors (Lipinski definition) is 7.